The summed E-state index contributed by atoms with van der Waals surface area (Å²) in [6, 6.07) is 14.2. The van der Waals surface area contributed by atoms with Crippen LogP contribution in [0.5, 0.6) is 5.75 Å². The molecule has 0 aliphatic heterocycles. The number of nitro benzene ring substituents is 1. The van der Waals surface area contributed by atoms with Gasteiger partial charge in [-0.05, 0) is 47.9 Å². The van der Waals surface area contributed by atoms with E-state index in [0.29, 0.717) is 11.8 Å². The van der Waals surface area contributed by atoms with Crippen molar-refractivity contribution in [3.63, 3.8) is 0 Å². The van der Waals surface area contributed by atoms with Crippen LogP contribution in [0.4, 0.5) is 5.69 Å². The van der Waals surface area contributed by atoms with E-state index < -0.39 is 0 Å². The summed E-state index contributed by atoms with van der Waals surface area (Å²) in [5, 5.41) is 20.2. The molecule has 2 aromatic carbocycles. The zero-order valence-corrected chi connectivity index (χ0v) is 12.9. The average Bonchev–Trinajstić information content (AvgIpc) is 2.53. The number of rotatable bonds is 6. The third-order valence-electron chi connectivity index (χ3n) is 4.22. The highest BCUT2D eigenvalue weighted by Gasteiger charge is 2.22. The lowest BCUT2D eigenvalue weighted by molar-refractivity contribution is -0.384. The Balaban J connectivity index is 2.31. The van der Waals surface area contributed by atoms with Crippen LogP contribution in [0.25, 0.3) is 0 Å². The van der Waals surface area contributed by atoms with Crippen molar-refractivity contribution in [1.82, 2.24) is 0 Å². The van der Waals surface area contributed by atoms with Crippen LogP contribution in [0.3, 0.4) is 0 Å². The van der Waals surface area contributed by atoms with Gasteiger partial charge in [0.25, 0.3) is 5.69 Å². The fourth-order valence-electron chi connectivity index (χ4n) is 3.07. The van der Waals surface area contributed by atoms with Crippen LogP contribution in [0.1, 0.15) is 49.7 Å². The van der Waals surface area contributed by atoms with E-state index in [0.717, 1.165) is 18.4 Å². The predicted molar refractivity (Wildman–Crippen MR) is 87.3 cm³/mol. The normalized spacial score (nSPS) is 13.5. The molecule has 0 saturated heterocycles. The number of phenolic OH excluding ortho intramolecular Hbond substituents is 1. The van der Waals surface area contributed by atoms with E-state index in [-0.39, 0.29) is 16.4 Å². The second-order valence-corrected chi connectivity index (χ2v) is 5.47. The van der Waals surface area contributed by atoms with Gasteiger partial charge in [-0.25, -0.2) is 0 Å². The van der Waals surface area contributed by atoms with E-state index in [2.05, 4.69) is 13.8 Å². The Kier molecular flexibility index (Phi) is 5.15. The Hall–Kier alpha value is -2.36. The summed E-state index contributed by atoms with van der Waals surface area (Å²) in [5.41, 5.74) is 2.43. The first-order valence-corrected chi connectivity index (χ1v) is 7.60. The Morgan fingerprint density at radius 2 is 1.32 bits per heavy atom. The molecule has 4 nitrogen and oxygen atoms in total. The Morgan fingerprint density at radius 1 is 0.909 bits per heavy atom. The van der Waals surface area contributed by atoms with Crippen LogP contribution in [-0.4, -0.2) is 10.0 Å². The van der Waals surface area contributed by atoms with Crippen molar-refractivity contribution in [1.29, 1.82) is 0 Å². The Morgan fingerprint density at radius 3 is 1.68 bits per heavy atom. The quantitative estimate of drug-likeness (QED) is 0.604. The zero-order valence-electron chi connectivity index (χ0n) is 12.9. The first-order chi connectivity index (χ1) is 10.6. The van der Waals surface area contributed by atoms with E-state index in [1.807, 2.05) is 24.3 Å². The zero-order chi connectivity index (χ0) is 16.1. The van der Waals surface area contributed by atoms with Gasteiger partial charge in [0.1, 0.15) is 5.75 Å². The van der Waals surface area contributed by atoms with Crippen molar-refractivity contribution in [3.05, 3.63) is 69.8 Å². The van der Waals surface area contributed by atoms with Crippen LogP contribution >= 0.6 is 0 Å². The maximum Gasteiger partial charge on any atom is 0.269 e. The number of phenols is 1. The van der Waals surface area contributed by atoms with Crippen molar-refractivity contribution < 1.29 is 10.0 Å². The summed E-state index contributed by atoms with van der Waals surface area (Å²) in [7, 11) is 0. The maximum atomic E-state index is 10.8. The molecule has 0 heterocycles. The average molecular weight is 299 g/mol. The molecule has 0 aliphatic rings. The molecular formula is C18H21NO3. The molecule has 0 aromatic heterocycles. The second kappa shape index (κ2) is 7.07. The number of non-ortho nitro benzene ring substituents is 1. The molecule has 4 heteroatoms. The topological polar surface area (TPSA) is 63.4 Å². The fourth-order valence-corrected chi connectivity index (χ4v) is 3.07. The van der Waals surface area contributed by atoms with E-state index in [1.165, 1.54) is 5.56 Å². The van der Waals surface area contributed by atoms with Crippen molar-refractivity contribution in [3.8, 4) is 5.75 Å². The van der Waals surface area contributed by atoms with Crippen LogP contribution in [-0.2, 0) is 0 Å². The lowest BCUT2D eigenvalue weighted by Gasteiger charge is -2.26. The highest BCUT2D eigenvalue weighted by atomic mass is 16.6. The van der Waals surface area contributed by atoms with Crippen LogP contribution in [0, 0.1) is 10.1 Å². The molecule has 22 heavy (non-hydrogen) atoms. The molecule has 116 valence electrons. The van der Waals surface area contributed by atoms with Gasteiger partial charge in [-0.2, -0.15) is 0 Å². The van der Waals surface area contributed by atoms with Gasteiger partial charge >= 0.3 is 0 Å². The lowest BCUT2D eigenvalue weighted by Crippen LogP contribution is -2.10. The highest BCUT2D eigenvalue weighted by molar-refractivity contribution is 5.37. The van der Waals surface area contributed by atoms with Gasteiger partial charge in [-0.3, -0.25) is 10.1 Å². The summed E-state index contributed by atoms with van der Waals surface area (Å²) in [4.78, 5) is 10.4. The largest absolute Gasteiger partial charge is 0.508 e. The highest BCUT2D eigenvalue weighted by Crippen LogP contribution is 2.38. The molecule has 2 rings (SSSR count). The van der Waals surface area contributed by atoms with Crippen molar-refractivity contribution in [2.45, 2.75) is 38.5 Å². The van der Waals surface area contributed by atoms with Crippen LogP contribution in [0.15, 0.2) is 48.5 Å². The van der Waals surface area contributed by atoms with Gasteiger partial charge in [0.05, 0.1) is 4.92 Å². The third-order valence-corrected chi connectivity index (χ3v) is 4.22. The SMILES string of the molecule is CC[C@H](c1ccc(O)cc1)[C@@H](CC)c1ccc([N+](=O)[O-])cc1. The van der Waals surface area contributed by atoms with Gasteiger partial charge < -0.3 is 5.11 Å². The van der Waals surface area contributed by atoms with Crippen molar-refractivity contribution in [2.24, 2.45) is 0 Å². The maximum absolute atomic E-state index is 10.8. The smallest absolute Gasteiger partial charge is 0.269 e. The number of aromatic hydroxyl groups is 1. The van der Waals surface area contributed by atoms with Crippen LogP contribution in [0.2, 0.25) is 0 Å². The van der Waals surface area contributed by atoms with Gasteiger partial charge in [0.15, 0.2) is 0 Å². The van der Waals surface area contributed by atoms with Crippen molar-refractivity contribution >= 4 is 5.69 Å². The Labute approximate surface area is 130 Å². The summed E-state index contributed by atoms with van der Waals surface area (Å²) in [6.45, 7) is 4.28. The molecule has 2 atom stereocenters. The van der Waals surface area contributed by atoms with Gasteiger partial charge in [0, 0.05) is 12.1 Å². The molecule has 0 unspecified atom stereocenters. The number of nitro groups is 1. The van der Waals surface area contributed by atoms with Gasteiger partial charge in [-0.15, -0.1) is 0 Å². The summed E-state index contributed by atoms with van der Waals surface area (Å²) in [5.74, 6) is 0.893. The number of hydrogen-bond acceptors (Lipinski definition) is 3. The minimum Gasteiger partial charge on any atom is -0.508 e. The lowest BCUT2D eigenvalue weighted by atomic mass is 9.78. The van der Waals surface area contributed by atoms with E-state index >= 15 is 0 Å². The minimum absolute atomic E-state index is 0.122. The second-order valence-electron chi connectivity index (χ2n) is 5.47. The van der Waals surface area contributed by atoms with Gasteiger partial charge in [0.2, 0.25) is 0 Å². The number of hydrogen-bond donors (Lipinski definition) is 1. The number of nitrogens with zero attached hydrogens (tertiary/aromatic N) is 1. The van der Waals surface area contributed by atoms with E-state index in [4.69, 9.17) is 0 Å². The summed E-state index contributed by atoms with van der Waals surface area (Å²) >= 11 is 0. The van der Waals surface area contributed by atoms with Crippen molar-refractivity contribution in [2.75, 3.05) is 0 Å². The summed E-state index contributed by atoms with van der Waals surface area (Å²) < 4.78 is 0. The molecular weight excluding hydrogens is 278 g/mol. The first kappa shape index (κ1) is 16.0. The van der Waals surface area contributed by atoms with E-state index in [9.17, 15) is 15.2 Å². The molecule has 0 saturated carbocycles. The standard InChI is InChI=1S/C18H21NO3/c1-3-17(13-5-9-15(10-6-13)19(21)22)18(4-2)14-7-11-16(20)12-8-14/h5-12,17-18,20H,3-4H2,1-2H3/t17-,18+/m0/s1. The number of benzene rings is 2. The predicted octanol–water partition coefficient (Wildman–Crippen LogP) is 4.99. The molecule has 0 aliphatic carbocycles. The molecule has 0 spiro atoms. The summed E-state index contributed by atoms with van der Waals surface area (Å²) in [6.07, 6.45) is 1.93. The minimum atomic E-state index is -0.373. The molecule has 0 fully saturated rings. The first-order valence-electron chi connectivity index (χ1n) is 7.60. The monoisotopic (exact) mass is 299 g/mol. The third kappa shape index (κ3) is 3.45. The molecule has 0 radical (unpaired) electrons. The van der Waals surface area contributed by atoms with Crippen LogP contribution < -0.4 is 0 Å². The molecule has 0 bridgehead atoms. The van der Waals surface area contributed by atoms with Gasteiger partial charge in [-0.1, -0.05) is 38.1 Å². The molecule has 0 amide bonds. The Bertz CT molecular complexity index is 620. The molecule has 1 N–H and O–H groups in total. The molecule has 2 aromatic rings. The fraction of sp³-hybridized carbons (Fsp3) is 0.333. The van der Waals surface area contributed by atoms with E-state index in [1.54, 1.807) is 24.3 Å².